The highest BCUT2D eigenvalue weighted by molar-refractivity contribution is 6.31. The van der Waals surface area contributed by atoms with Gasteiger partial charge in [0.25, 0.3) is 11.8 Å². The highest BCUT2D eigenvalue weighted by Gasteiger charge is 2.35. The minimum absolute atomic E-state index is 0.0265. The van der Waals surface area contributed by atoms with Crippen LogP contribution in [0.2, 0.25) is 5.02 Å². The molecule has 0 bridgehead atoms. The van der Waals surface area contributed by atoms with Gasteiger partial charge in [0.15, 0.2) is 11.5 Å². The number of ether oxygens (including phenoxy) is 2. The van der Waals surface area contributed by atoms with Crippen molar-refractivity contribution in [3.8, 4) is 17.6 Å². The van der Waals surface area contributed by atoms with Crippen LogP contribution in [0.5, 0.6) is 11.5 Å². The molecule has 0 N–H and O–H groups in total. The lowest BCUT2D eigenvalue weighted by Crippen LogP contribution is -2.42. The van der Waals surface area contributed by atoms with E-state index in [1.54, 1.807) is 56.5 Å². The molecule has 1 aliphatic rings. The molecule has 0 fully saturated rings. The molecule has 3 rings (SSSR count). The van der Waals surface area contributed by atoms with E-state index in [2.05, 4.69) is 6.92 Å². The van der Waals surface area contributed by atoms with Crippen molar-refractivity contribution in [2.75, 3.05) is 13.7 Å². The van der Waals surface area contributed by atoms with Crippen LogP contribution in [0.3, 0.4) is 0 Å². The lowest BCUT2D eigenvalue weighted by molar-refractivity contribution is -0.141. The van der Waals surface area contributed by atoms with Crippen LogP contribution >= 0.6 is 11.6 Å². The highest BCUT2D eigenvalue weighted by Crippen LogP contribution is 2.32. The van der Waals surface area contributed by atoms with Crippen LogP contribution in [0.15, 0.2) is 59.2 Å². The topological polar surface area (TPSA) is 79.6 Å². The second-order valence-corrected chi connectivity index (χ2v) is 8.68. The summed E-state index contributed by atoms with van der Waals surface area (Å²) in [6, 6.07) is 14.3. The molecule has 6 nitrogen and oxygen atoms in total. The lowest BCUT2D eigenvalue weighted by Gasteiger charge is -2.27. The van der Waals surface area contributed by atoms with Gasteiger partial charge in [0, 0.05) is 10.6 Å². The van der Waals surface area contributed by atoms with Crippen LogP contribution in [0, 0.1) is 11.3 Å². The molecule has 35 heavy (non-hydrogen) atoms. The van der Waals surface area contributed by atoms with Gasteiger partial charge in [-0.2, -0.15) is 5.26 Å². The molecule has 182 valence electrons. The maximum absolute atomic E-state index is 13.4. The van der Waals surface area contributed by atoms with Gasteiger partial charge >= 0.3 is 0 Å². The Morgan fingerprint density at radius 3 is 2.51 bits per heavy atom. The molecule has 0 saturated heterocycles. The zero-order chi connectivity index (χ0) is 25.4. The lowest BCUT2D eigenvalue weighted by atomic mass is 9.93. The summed E-state index contributed by atoms with van der Waals surface area (Å²) < 4.78 is 11.4. The first kappa shape index (κ1) is 26.1. The molecule has 7 heteroatoms. The number of hydrogen-bond donors (Lipinski definition) is 0. The molecule has 2 aromatic rings. The van der Waals surface area contributed by atoms with Crippen molar-refractivity contribution >= 4 is 29.5 Å². The van der Waals surface area contributed by atoms with E-state index in [4.69, 9.17) is 21.1 Å². The Morgan fingerprint density at radius 2 is 1.83 bits per heavy atom. The number of carbonyl (C=O) groups excluding carboxylic acids is 2. The predicted molar refractivity (Wildman–Crippen MR) is 136 cm³/mol. The molecule has 0 radical (unpaired) electrons. The molecule has 2 aromatic carbocycles. The van der Waals surface area contributed by atoms with E-state index in [1.165, 1.54) is 6.42 Å². The number of nitrogens with zero attached hydrogens (tertiary/aromatic N) is 2. The largest absolute Gasteiger partial charge is 0.493 e. The Kier molecular flexibility index (Phi) is 9.11. The minimum Gasteiger partial charge on any atom is -0.493 e. The van der Waals surface area contributed by atoms with Crippen LogP contribution in [-0.2, 0) is 16.1 Å². The fraction of sp³-hybridized carbons (Fsp3) is 0.321. The number of benzene rings is 2. The van der Waals surface area contributed by atoms with Gasteiger partial charge in [-0.1, -0.05) is 62.1 Å². The fourth-order valence-corrected chi connectivity index (χ4v) is 4.04. The first-order chi connectivity index (χ1) is 16.9. The van der Waals surface area contributed by atoms with Gasteiger partial charge in [-0.05, 0) is 54.3 Å². The summed E-state index contributed by atoms with van der Waals surface area (Å²) in [5, 5.41) is 10.1. The summed E-state index contributed by atoms with van der Waals surface area (Å²) in [6.07, 6.45) is 6.08. The third-order valence-corrected chi connectivity index (χ3v) is 6.23. The second-order valence-electron chi connectivity index (χ2n) is 8.28. The van der Waals surface area contributed by atoms with Crippen molar-refractivity contribution in [2.45, 2.75) is 46.1 Å². The summed E-state index contributed by atoms with van der Waals surface area (Å²) in [5.74, 6) is 0.0592. The van der Waals surface area contributed by atoms with Crippen LogP contribution < -0.4 is 9.47 Å². The van der Waals surface area contributed by atoms with Crippen molar-refractivity contribution in [1.82, 2.24) is 4.90 Å². The Bertz CT molecular complexity index is 1210. The average molecular weight is 493 g/mol. The third-order valence-electron chi connectivity index (χ3n) is 5.87. The van der Waals surface area contributed by atoms with E-state index in [0.717, 1.165) is 24.2 Å². The van der Waals surface area contributed by atoms with E-state index < -0.39 is 11.8 Å². The maximum atomic E-state index is 13.4. The monoisotopic (exact) mass is 492 g/mol. The average Bonchev–Trinajstić information content (AvgIpc) is 2.86. The molecule has 1 heterocycles. The summed E-state index contributed by atoms with van der Waals surface area (Å²) >= 11 is 6.25. The zero-order valence-electron chi connectivity index (χ0n) is 20.3. The number of unbranched alkanes of at least 4 members (excludes halogenated alkanes) is 3. The maximum Gasteiger partial charge on any atom is 0.271 e. The van der Waals surface area contributed by atoms with Crippen molar-refractivity contribution in [2.24, 2.45) is 0 Å². The summed E-state index contributed by atoms with van der Waals surface area (Å²) in [5.41, 5.74) is 1.85. The molecule has 0 saturated carbocycles. The zero-order valence-corrected chi connectivity index (χ0v) is 21.0. The predicted octanol–water partition coefficient (Wildman–Crippen LogP) is 6.10. The molecule has 0 atom stereocenters. The fourth-order valence-electron chi connectivity index (χ4n) is 3.84. The molecular formula is C28H29ClN2O4. The van der Waals surface area contributed by atoms with Crippen molar-refractivity contribution in [1.29, 1.82) is 5.26 Å². The number of methoxy groups -OCH3 is 1. The minimum atomic E-state index is -0.628. The van der Waals surface area contributed by atoms with E-state index in [9.17, 15) is 14.9 Å². The quantitative estimate of drug-likeness (QED) is 0.227. The van der Waals surface area contributed by atoms with E-state index in [0.29, 0.717) is 39.8 Å². The van der Waals surface area contributed by atoms with Crippen LogP contribution in [-0.4, -0.2) is 30.4 Å². The number of imide groups is 1. The number of amides is 2. The number of hydrogen-bond acceptors (Lipinski definition) is 5. The molecule has 0 unspecified atom stereocenters. The second kappa shape index (κ2) is 12.2. The molecule has 0 aliphatic carbocycles. The number of rotatable bonds is 10. The van der Waals surface area contributed by atoms with E-state index in [-0.39, 0.29) is 17.7 Å². The summed E-state index contributed by atoms with van der Waals surface area (Å²) in [6.45, 7) is 4.34. The summed E-state index contributed by atoms with van der Waals surface area (Å²) in [7, 11) is 1.56. The van der Waals surface area contributed by atoms with Gasteiger partial charge in [0.1, 0.15) is 11.6 Å². The number of nitriles is 1. The van der Waals surface area contributed by atoms with Crippen molar-refractivity contribution in [3.05, 3.63) is 75.3 Å². The van der Waals surface area contributed by atoms with E-state index in [1.807, 2.05) is 12.1 Å². The normalized spacial score (nSPS) is 14.9. The SMILES string of the molecule is CCCCCCOc1ccc(/C=C2/C(=O)N(Cc3ccccc3Cl)C(=O)C(C#N)=C2C)cc1OC. The summed E-state index contributed by atoms with van der Waals surface area (Å²) in [4.78, 5) is 27.4. The van der Waals surface area contributed by atoms with E-state index >= 15 is 0 Å². The van der Waals surface area contributed by atoms with Crippen molar-refractivity contribution < 1.29 is 19.1 Å². The van der Waals surface area contributed by atoms with Gasteiger partial charge in [-0.3, -0.25) is 14.5 Å². The third kappa shape index (κ3) is 6.12. The van der Waals surface area contributed by atoms with Crippen LogP contribution in [0.1, 0.15) is 50.7 Å². The number of halogens is 1. The molecular weight excluding hydrogens is 464 g/mol. The number of carbonyl (C=O) groups is 2. The van der Waals surface area contributed by atoms with Gasteiger partial charge in [-0.25, -0.2) is 0 Å². The van der Waals surface area contributed by atoms with Gasteiger partial charge in [0.2, 0.25) is 0 Å². The smallest absolute Gasteiger partial charge is 0.271 e. The molecule has 1 aliphatic heterocycles. The first-order valence-corrected chi connectivity index (χ1v) is 12.0. The van der Waals surface area contributed by atoms with Gasteiger partial charge in [-0.15, -0.1) is 0 Å². The Hall–Kier alpha value is -3.56. The Morgan fingerprint density at radius 1 is 1.06 bits per heavy atom. The molecule has 2 amide bonds. The Labute approximate surface area is 211 Å². The molecule has 0 spiro atoms. The Balaban J connectivity index is 1.91. The highest BCUT2D eigenvalue weighted by atomic mass is 35.5. The standard InChI is InChI=1S/C28H29ClN2O4/c1-4-5-6-9-14-35-25-13-12-20(16-26(25)34-3)15-22-19(2)23(17-30)28(33)31(27(22)32)18-21-10-7-8-11-24(21)29/h7-8,10-13,15-16H,4-6,9,14,18H2,1-3H3/b22-15+. The van der Waals surface area contributed by atoms with Crippen LogP contribution in [0.25, 0.3) is 6.08 Å². The van der Waals surface area contributed by atoms with Gasteiger partial charge < -0.3 is 9.47 Å². The van der Waals surface area contributed by atoms with Crippen LogP contribution in [0.4, 0.5) is 0 Å². The first-order valence-electron chi connectivity index (χ1n) is 11.6. The molecule has 0 aromatic heterocycles. The van der Waals surface area contributed by atoms with Crippen molar-refractivity contribution in [3.63, 3.8) is 0 Å². The van der Waals surface area contributed by atoms with Gasteiger partial charge in [0.05, 0.1) is 20.3 Å².